The number of esters is 1. The normalized spacial score (nSPS) is 21.4. The van der Waals surface area contributed by atoms with E-state index in [4.69, 9.17) is 9.47 Å². The SMILES string of the molecule is CCOC(=O)CC(O)CNCCC1CCCO1. The number of rotatable bonds is 8. The summed E-state index contributed by atoms with van der Waals surface area (Å²) in [5.74, 6) is -0.346. The first-order valence-electron chi connectivity index (χ1n) is 6.38. The third-order valence-corrected chi connectivity index (χ3v) is 2.75. The van der Waals surface area contributed by atoms with Crippen molar-refractivity contribution in [3.8, 4) is 0 Å². The third kappa shape index (κ3) is 6.61. The quantitative estimate of drug-likeness (QED) is 0.480. The molecule has 0 bridgehead atoms. The highest BCUT2D eigenvalue weighted by Gasteiger charge is 2.15. The zero-order chi connectivity index (χ0) is 12.5. The highest BCUT2D eigenvalue weighted by atomic mass is 16.5. The summed E-state index contributed by atoms with van der Waals surface area (Å²) in [6, 6.07) is 0. The largest absolute Gasteiger partial charge is 0.466 e. The minimum Gasteiger partial charge on any atom is -0.466 e. The molecule has 0 aromatic heterocycles. The third-order valence-electron chi connectivity index (χ3n) is 2.75. The summed E-state index contributed by atoms with van der Waals surface area (Å²) < 4.78 is 10.2. The van der Waals surface area contributed by atoms with Gasteiger partial charge < -0.3 is 19.9 Å². The van der Waals surface area contributed by atoms with E-state index in [0.29, 0.717) is 19.3 Å². The van der Waals surface area contributed by atoms with Crippen molar-refractivity contribution in [1.82, 2.24) is 5.32 Å². The second-order valence-corrected chi connectivity index (χ2v) is 4.29. The number of carbonyl (C=O) groups is 1. The first kappa shape index (κ1) is 14.4. The van der Waals surface area contributed by atoms with Crippen LogP contribution in [0.3, 0.4) is 0 Å². The van der Waals surface area contributed by atoms with Crippen LogP contribution in [0.15, 0.2) is 0 Å². The molecule has 1 aliphatic heterocycles. The van der Waals surface area contributed by atoms with Crippen molar-refractivity contribution in [2.24, 2.45) is 0 Å². The molecule has 0 aromatic rings. The molecule has 2 atom stereocenters. The van der Waals surface area contributed by atoms with E-state index in [-0.39, 0.29) is 12.4 Å². The van der Waals surface area contributed by atoms with Crippen molar-refractivity contribution in [3.05, 3.63) is 0 Å². The van der Waals surface area contributed by atoms with Gasteiger partial charge in [-0.1, -0.05) is 0 Å². The summed E-state index contributed by atoms with van der Waals surface area (Å²) >= 11 is 0. The Kier molecular flexibility index (Phi) is 7.16. The molecule has 17 heavy (non-hydrogen) atoms. The van der Waals surface area contributed by atoms with Crippen LogP contribution in [0.4, 0.5) is 0 Å². The van der Waals surface area contributed by atoms with E-state index < -0.39 is 6.10 Å². The van der Waals surface area contributed by atoms with Gasteiger partial charge in [0.1, 0.15) is 0 Å². The van der Waals surface area contributed by atoms with Crippen LogP contribution in [0.1, 0.15) is 32.6 Å². The Morgan fingerprint density at radius 2 is 2.47 bits per heavy atom. The molecule has 0 spiro atoms. The molecule has 1 fully saturated rings. The minimum atomic E-state index is -0.668. The van der Waals surface area contributed by atoms with Gasteiger partial charge in [0.15, 0.2) is 0 Å². The molecule has 0 aliphatic carbocycles. The molecule has 2 N–H and O–H groups in total. The zero-order valence-electron chi connectivity index (χ0n) is 10.5. The van der Waals surface area contributed by atoms with E-state index >= 15 is 0 Å². The summed E-state index contributed by atoms with van der Waals surface area (Å²) in [5, 5.41) is 12.7. The summed E-state index contributed by atoms with van der Waals surface area (Å²) in [4.78, 5) is 11.1. The van der Waals surface area contributed by atoms with Gasteiger partial charge >= 0.3 is 5.97 Å². The van der Waals surface area contributed by atoms with Gasteiger partial charge in [0, 0.05) is 13.2 Å². The monoisotopic (exact) mass is 245 g/mol. The molecule has 5 nitrogen and oxygen atoms in total. The molecule has 100 valence electrons. The van der Waals surface area contributed by atoms with Crippen LogP contribution in [0.5, 0.6) is 0 Å². The van der Waals surface area contributed by atoms with Gasteiger partial charge in [-0.15, -0.1) is 0 Å². The summed E-state index contributed by atoms with van der Waals surface area (Å²) in [6.45, 7) is 4.22. The number of aliphatic hydroxyl groups is 1. The van der Waals surface area contributed by atoms with Crippen LogP contribution >= 0.6 is 0 Å². The molecule has 1 aliphatic rings. The fourth-order valence-corrected chi connectivity index (χ4v) is 1.89. The molecule has 1 rings (SSSR count). The van der Waals surface area contributed by atoms with Crippen LogP contribution < -0.4 is 5.32 Å². The molecular formula is C12H23NO4. The van der Waals surface area contributed by atoms with E-state index in [1.165, 1.54) is 0 Å². The maximum atomic E-state index is 11.1. The lowest BCUT2D eigenvalue weighted by atomic mass is 10.2. The van der Waals surface area contributed by atoms with Crippen LogP contribution in [0.25, 0.3) is 0 Å². The number of hydrogen-bond acceptors (Lipinski definition) is 5. The standard InChI is InChI=1S/C12H23NO4/c1-2-16-12(15)8-10(14)9-13-6-5-11-4-3-7-17-11/h10-11,13-14H,2-9H2,1H3. The Morgan fingerprint density at radius 3 is 3.12 bits per heavy atom. The van der Waals surface area contributed by atoms with Crippen molar-refractivity contribution in [2.75, 3.05) is 26.3 Å². The molecule has 0 saturated carbocycles. The van der Waals surface area contributed by atoms with Gasteiger partial charge in [-0.3, -0.25) is 4.79 Å². The van der Waals surface area contributed by atoms with Crippen LogP contribution in [-0.4, -0.2) is 49.6 Å². The van der Waals surface area contributed by atoms with E-state index in [0.717, 1.165) is 32.4 Å². The van der Waals surface area contributed by atoms with Crippen molar-refractivity contribution >= 4 is 5.97 Å². The maximum absolute atomic E-state index is 11.1. The van der Waals surface area contributed by atoms with Gasteiger partial charge in [-0.25, -0.2) is 0 Å². The molecule has 1 saturated heterocycles. The van der Waals surface area contributed by atoms with Gasteiger partial charge in [0.25, 0.3) is 0 Å². The zero-order valence-corrected chi connectivity index (χ0v) is 10.5. The molecule has 0 amide bonds. The Hall–Kier alpha value is -0.650. The second-order valence-electron chi connectivity index (χ2n) is 4.29. The van der Waals surface area contributed by atoms with Crippen molar-refractivity contribution in [1.29, 1.82) is 0 Å². The maximum Gasteiger partial charge on any atom is 0.308 e. The van der Waals surface area contributed by atoms with E-state index in [1.807, 2.05) is 0 Å². The first-order valence-corrected chi connectivity index (χ1v) is 6.38. The highest BCUT2D eigenvalue weighted by Crippen LogP contribution is 2.14. The molecule has 2 unspecified atom stereocenters. The average Bonchev–Trinajstić information content (AvgIpc) is 2.77. The van der Waals surface area contributed by atoms with E-state index in [1.54, 1.807) is 6.92 Å². The topological polar surface area (TPSA) is 67.8 Å². The number of ether oxygens (including phenoxy) is 2. The molecule has 0 radical (unpaired) electrons. The molecule has 5 heteroatoms. The molecule has 1 heterocycles. The van der Waals surface area contributed by atoms with Gasteiger partial charge in [-0.2, -0.15) is 0 Å². The number of aliphatic hydroxyl groups excluding tert-OH is 1. The summed E-state index contributed by atoms with van der Waals surface area (Å²) in [5.41, 5.74) is 0. The van der Waals surface area contributed by atoms with Crippen molar-refractivity contribution < 1.29 is 19.4 Å². The van der Waals surface area contributed by atoms with Gasteiger partial charge in [0.05, 0.1) is 25.2 Å². The fraction of sp³-hybridized carbons (Fsp3) is 0.917. The molecular weight excluding hydrogens is 222 g/mol. The van der Waals surface area contributed by atoms with E-state index in [9.17, 15) is 9.90 Å². The Bertz CT molecular complexity index is 217. The predicted octanol–water partition coefficient (Wildman–Crippen LogP) is 0.459. The van der Waals surface area contributed by atoms with E-state index in [2.05, 4.69) is 5.32 Å². The Labute approximate surface area is 102 Å². The summed E-state index contributed by atoms with van der Waals surface area (Å²) in [6.07, 6.45) is 3.00. The first-order chi connectivity index (χ1) is 8.22. The average molecular weight is 245 g/mol. The molecule has 0 aromatic carbocycles. The van der Waals surface area contributed by atoms with Crippen LogP contribution in [0, 0.1) is 0 Å². The number of hydrogen-bond donors (Lipinski definition) is 2. The lowest BCUT2D eigenvalue weighted by Crippen LogP contribution is -2.31. The van der Waals surface area contributed by atoms with Crippen LogP contribution in [-0.2, 0) is 14.3 Å². The van der Waals surface area contributed by atoms with Gasteiger partial charge in [0.2, 0.25) is 0 Å². The Morgan fingerprint density at radius 1 is 1.65 bits per heavy atom. The lowest BCUT2D eigenvalue weighted by molar-refractivity contribution is -0.145. The highest BCUT2D eigenvalue weighted by molar-refractivity contribution is 5.69. The number of carbonyl (C=O) groups excluding carboxylic acids is 1. The lowest BCUT2D eigenvalue weighted by Gasteiger charge is -2.13. The smallest absolute Gasteiger partial charge is 0.308 e. The van der Waals surface area contributed by atoms with Crippen LogP contribution in [0.2, 0.25) is 0 Å². The fourth-order valence-electron chi connectivity index (χ4n) is 1.89. The number of nitrogens with one attached hydrogen (secondary N) is 1. The second kappa shape index (κ2) is 8.44. The summed E-state index contributed by atoms with van der Waals surface area (Å²) in [7, 11) is 0. The van der Waals surface area contributed by atoms with Crippen molar-refractivity contribution in [3.63, 3.8) is 0 Å². The predicted molar refractivity (Wildman–Crippen MR) is 63.7 cm³/mol. The Balaban J connectivity index is 1.95. The minimum absolute atomic E-state index is 0.0563. The van der Waals surface area contributed by atoms with Gasteiger partial charge in [-0.05, 0) is 32.7 Å². The van der Waals surface area contributed by atoms with Crippen molar-refractivity contribution in [2.45, 2.75) is 44.8 Å².